The van der Waals surface area contributed by atoms with E-state index in [1.54, 1.807) is 24.3 Å². The van der Waals surface area contributed by atoms with Crippen molar-refractivity contribution < 1.29 is 23.8 Å². The molecule has 0 radical (unpaired) electrons. The SMILES string of the molecule is C=CC(=O)OCCOc1ccc2nc(N=Nc3ccc(N=Nc4ccc(N(CC)CC)cc4)cc3)sc2c1.CCCc1ccc(OC(=O)c2ccc(N=Nc3ccc(N=Nc4ccc(N=Nc5cc6c(cc5C)N(CCC)CCC6)c5ccccc45)c4ccccc34)cc2)cc1. The quantitative estimate of drug-likeness (QED) is 0.0187. The molecule has 1 aliphatic rings. The first-order chi connectivity index (χ1) is 47.0. The third-order valence-corrected chi connectivity index (χ3v) is 16.8. The summed E-state index contributed by atoms with van der Waals surface area (Å²) in [7, 11) is 0. The van der Waals surface area contributed by atoms with Crippen LogP contribution in [0.2, 0.25) is 0 Å². The molecule has 0 aliphatic carbocycles. The molecule has 0 saturated carbocycles. The number of hydrogen-bond acceptors (Lipinski definition) is 19. The molecule has 10 aromatic carbocycles. The van der Waals surface area contributed by atoms with E-state index >= 15 is 0 Å². The number of rotatable bonds is 24. The van der Waals surface area contributed by atoms with Crippen LogP contribution in [-0.4, -0.2) is 56.3 Å². The summed E-state index contributed by atoms with van der Waals surface area (Å²) in [5.41, 5.74) is 14.1. The lowest BCUT2D eigenvalue weighted by Crippen LogP contribution is -2.30. The number of benzene rings is 10. The summed E-state index contributed by atoms with van der Waals surface area (Å²) in [5, 5.41) is 49.4. The Balaban J connectivity index is 0.000000214. The Morgan fingerprint density at radius 3 is 1.64 bits per heavy atom. The monoisotopic (exact) mass is 1290 g/mol. The van der Waals surface area contributed by atoms with Gasteiger partial charge in [-0.15, -0.1) is 30.7 Å². The van der Waals surface area contributed by atoms with Gasteiger partial charge in [0.25, 0.3) is 0 Å². The van der Waals surface area contributed by atoms with Crippen LogP contribution in [0, 0.1) is 6.92 Å². The number of anilines is 2. The van der Waals surface area contributed by atoms with Crippen LogP contribution in [0.15, 0.2) is 264 Å². The van der Waals surface area contributed by atoms with E-state index in [-0.39, 0.29) is 13.2 Å². The minimum absolute atomic E-state index is 0.148. The fourth-order valence-electron chi connectivity index (χ4n) is 11.0. The van der Waals surface area contributed by atoms with Crippen molar-refractivity contribution in [2.45, 2.75) is 66.7 Å². The molecule has 0 saturated heterocycles. The number of aromatic nitrogens is 1. The van der Waals surface area contributed by atoms with Gasteiger partial charge in [0.2, 0.25) is 5.13 Å². The Labute approximate surface area is 562 Å². The number of carbonyl (C=O) groups is 2. The highest BCUT2D eigenvalue weighted by molar-refractivity contribution is 7.21. The van der Waals surface area contributed by atoms with Crippen LogP contribution in [0.1, 0.15) is 74.0 Å². The number of carbonyl (C=O) groups excluding carboxylic acids is 2. The standard InChI is InChI=1S/C49H45N7O2.C28H28N6O3S/c1-4-11-34-17-23-38(24-18-34)58-49(57)35-19-21-37(22-20-35)50-51-43-25-26-44(40-14-7-6-13-39(40)43)52-53-45-27-28-46(42-16-9-8-15-41(42)45)54-55-47-32-36-12-10-30-56(29-5-2)48(36)31-33(47)3;1-4-27(35)37-18-17-36-24-15-16-25-26(19-24)38-28(29-25)33-32-21-9-7-20(8-10-21)30-31-22-11-13-23(14-12-22)34(5-2)6-3/h6-9,13-28,31-32H,4-5,10-12,29-30H2,1-3H3;4,7-16,19H,1,5-6,17-18H2,2-3H3. The zero-order valence-electron chi connectivity index (χ0n) is 54.4. The summed E-state index contributed by atoms with van der Waals surface area (Å²) < 4.78 is 17.0. The van der Waals surface area contributed by atoms with Crippen LogP contribution in [0.3, 0.4) is 0 Å². The maximum absolute atomic E-state index is 12.8. The van der Waals surface area contributed by atoms with E-state index in [4.69, 9.17) is 34.7 Å². The van der Waals surface area contributed by atoms with E-state index in [1.807, 2.05) is 152 Å². The molecular formula is C77H73N13O5S. The molecule has 18 nitrogen and oxygen atoms in total. The number of hydrogen-bond donors (Lipinski definition) is 0. The molecule has 0 spiro atoms. The van der Waals surface area contributed by atoms with Crippen LogP contribution in [-0.2, 0) is 22.4 Å². The van der Waals surface area contributed by atoms with Crippen molar-refractivity contribution in [3.63, 3.8) is 0 Å². The number of azo groups is 5. The molecule has 0 bridgehead atoms. The van der Waals surface area contributed by atoms with Gasteiger partial charge in [-0.1, -0.05) is 98.8 Å². The van der Waals surface area contributed by atoms with E-state index < -0.39 is 11.9 Å². The molecule has 0 atom stereocenters. The van der Waals surface area contributed by atoms with E-state index in [2.05, 4.69) is 111 Å². The van der Waals surface area contributed by atoms with Crippen molar-refractivity contribution in [3.8, 4) is 11.5 Å². The summed E-state index contributed by atoms with van der Waals surface area (Å²) in [5.74, 6) is 0.274. The highest BCUT2D eigenvalue weighted by Crippen LogP contribution is 2.40. The zero-order valence-corrected chi connectivity index (χ0v) is 55.2. The molecule has 0 amide bonds. The van der Waals surface area contributed by atoms with Crippen molar-refractivity contribution >= 4 is 123 Å². The molecule has 0 fully saturated rings. The molecule has 1 aromatic heterocycles. The van der Waals surface area contributed by atoms with E-state index in [0.29, 0.717) is 44.9 Å². The maximum Gasteiger partial charge on any atom is 0.343 e. The highest BCUT2D eigenvalue weighted by Gasteiger charge is 2.19. The molecule has 12 rings (SSSR count). The lowest BCUT2D eigenvalue weighted by atomic mass is 9.98. The number of fused-ring (bicyclic) bond motifs is 4. The smallest absolute Gasteiger partial charge is 0.343 e. The molecular weight excluding hydrogens is 1220 g/mol. The molecule has 19 heteroatoms. The Morgan fingerprint density at radius 2 is 1.08 bits per heavy atom. The van der Waals surface area contributed by atoms with Crippen LogP contribution < -0.4 is 19.3 Å². The van der Waals surface area contributed by atoms with Crippen molar-refractivity contribution in [1.82, 2.24) is 4.98 Å². The second-order valence-corrected chi connectivity index (χ2v) is 23.5. The molecule has 1 aliphatic heterocycles. The fourth-order valence-corrected chi connectivity index (χ4v) is 11.8. The molecule has 11 aromatic rings. The van der Waals surface area contributed by atoms with Gasteiger partial charge in [0, 0.05) is 65.2 Å². The van der Waals surface area contributed by atoms with E-state index in [1.165, 1.54) is 33.8 Å². The zero-order chi connectivity index (χ0) is 66.6. The van der Waals surface area contributed by atoms with Gasteiger partial charge >= 0.3 is 11.9 Å². The van der Waals surface area contributed by atoms with Crippen LogP contribution >= 0.6 is 11.3 Å². The first kappa shape index (κ1) is 66.2. The Kier molecular flexibility index (Phi) is 22.4. The summed E-state index contributed by atoms with van der Waals surface area (Å²) in [6, 6.07) is 63.7. The van der Waals surface area contributed by atoms with Crippen LogP contribution in [0.4, 0.5) is 67.7 Å². The lowest BCUT2D eigenvalue weighted by Gasteiger charge is -2.31. The average molecular weight is 1290 g/mol. The topological polar surface area (TPSA) is 205 Å². The Hall–Kier alpha value is -11.3. The van der Waals surface area contributed by atoms with Crippen molar-refractivity contribution in [2.75, 3.05) is 49.2 Å². The number of nitrogens with zero attached hydrogens (tertiary/aromatic N) is 13. The second kappa shape index (κ2) is 32.5. The number of ether oxygens (including phenoxy) is 3. The predicted octanol–water partition coefficient (Wildman–Crippen LogP) is 23.0. The second-order valence-electron chi connectivity index (χ2n) is 22.5. The van der Waals surface area contributed by atoms with Gasteiger partial charge in [-0.3, -0.25) is 0 Å². The van der Waals surface area contributed by atoms with Gasteiger partial charge in [0.1, 0.15) is 24.7 Å². The van der Waals surface area contributed by atoms with Gasteiger partial charge in [0.05, 0.1) is 67.0 Å². The first-order valence-electron chi connectivity index (χ1n) is 32.2. The summed E-state index contributed by atoms with van der Waals surface area (Å²) in [6.07, 6.45) is 6.53. The predicted molar refractivity (Wildman–Crippen MR) is 385 cm³/mol. The Bertz CT molecular complexity index is 4680. The van der Waals surface area contributed by atoms with Crippen molar-refractivity contribution in [2.24, 2.45) is 51.1 Å². The largest absolute Gasteiger partial charge is 0.490 e. The molecule has 2 heterocycles. The summed E-state index contributed by atoms with van der Waals surface area (Å²) >= 11 is 1.41. The highest BCUT2D eigenvalue weighted by atomic mass is 32.1. The third kappa shape index (κ3) is 17.1. The summed E-state index contributed by atoms with van der Waals surface area (Å²) in [6.45, 7) is 18.6. The van der Waals surface area contributed by atoms with Crippen molar-refractivity contribution in [1.29, 1.82) is 0 Å². The number of aryl methyl sites for hydroxylation is 3. The lowest BCUT2D eigenvalue weighted by molar-refractivity contribution is -0.138. The van der Waals surface area contributed by atoms with E-state index in [0.717, 1.165) is 130 Å². The fraction of sp³-hybridized carbons (Fsp3) is 0.208. The molecule has 0 N–H and O–H groups in total. The average Bonchev–Trinajstić information content (AvgIpc) is 1.09. The minimum atomic E-state index is -0.475. The normalized spacial score (nSPS) is 12.3. The van der Waals surface area contributed by atoms with Gasteiger partial charge in [-0.25, -0.2) is 14.6 Å². The molecule has 0 unspecified atom stereocenters. The van der Waals surface area contributed by atoms with Crippen molar-refractivity contribution in [3.05, 3.63) is 235 Å². The van der Waals surface area contributed by atoms with E-state index in [9.17, 15) is 9.59 Å². The Morgan fingerprint density at radius 1 is 0.562 bits per heavy atom. The van der Waals surface area contributed by atoms with Crippen LogP contribution in [0.25, 0.3) is 31.8 Å². The van der Waals surface area contributed by atoms with Gasteiger partial charge in [-0.2, -0.15) is 20.5 Å². The molecule has 482 valence electrons. The van der Waals surface area contributed by atoms with Gasteiger partial charge < -0.3 is 24.0 Å². The van der Waals surface area contributed by atoms with Gasteiger partial charge in [0.15, 0.2) is 0 Å². The van der Waals surface area contributed by atoms with Gasteiger partial charge in [-0.05, 0) is 203 Å². The minimum Gasteiger partial charge on any atom is -0.490 e. The first-order valence-corrected chi connectivity index (χ1v) is 33.1. The number of esters is 2. The third-order valence-electron chi connectivity index (χ3n) is 15.9. The number of thiazole rings is 1. The van der Waals surface area contributed by atoms with Crippen LogP contribution in [0.5, 0.6) is 11.5 Å². The summed E-state index contributed by atoms with van der Waals surface area (Å²) in [4.78, 5) is 33.1. The maximum atomic E-state index is 12.8. The molecule has 96 heavy (non-hydrogen) atoms.